The van der Waals surface area contributed by atoms with Crippen LogP contribution in [-0.2, 0) is 20.1 Å². The largest absolute Gasteiger partial charge is 0.495 e. The lowest BCUT2D eigenvalue weighted by Gasteiger charge is -2.14. The molecule has 1 N–H and O–H groups in total. The van der Waals surface area contributed by atoms with Gasteiger partial charge in [0, 0.05) is 19.8 Å². The van der Waals surface area contributed by atoms with Gasteiger partial charge in [0.1, 0.15) is 11.4 Å². The van der Waals surface area contributed by atoms with E-state index in [0.29, 0.717) is 6.54 Å². The Morgan fingerprint density at radius 3 is 2.75 bits per heavy atom. The zero-order valence-corrected chi connectivity index (χ0v) is 12.4. The molecule has 0 saturated heterocycles. The lowest BCUT2D eigenvalue weighted by molar-refractivity contribution is 0.400. The van der Waals surface area contributed by atoms with E-state index in [-0.39, 0.29) is 0 Å². The second-order valence-electron chi connectivity index (χ2n) is 5.01. The Morgan fingerprint density at radius 2 is 2.15 bits per heavy atom. The molecule has 1 heterocycles. The zero-order valence-electron chi connectivity index (χ0n) is 12.4. The lowest BCUT2D eigenvalue weighted by Crippen LogP contribution is -2.11. The predicted octanol–water partition coefficient (Wildman–Crippen LogP) is 1.50. The van der Waals surface area contributed by atoms with Gasteiger partial charge < -0.3 is 15.0 Å². The third-order valence-corrected chi connectivity index (χ3v) is 2.87. The standard InChI is InChI=1S/C14H21N5O/c1-18(2)9-11-5-6-14(20-4)13(7-11)15-8-12-10-19(3)17-16-12/h5-7,10,15H,8-9H2,1-4H3. The molecule has 0 aliphatic rings. The number of anilines is 1. The summed E-state index contributed by atoms with van der Waals surface area (Å²) in [5.41, 5.74) is 3.10. The molecule has 0 bridgehead atoms. The molecule has 6 nitrogen and oxygen atoms in total. The van der Waals surface area contributed by atoms with Crippen molar-refractivity contribution in [3.8, 4) is 5.75 Å². The first kappa shape index (κ1) is 14.3. The van der Waals surface area contributed by atoms with E-state index < -0.39 is 0 Å². The molecule has 20 heavy (non-hydrogen) atoms. The van der Waals surface area contributed by atoms with Crippen LogP contribution < -0.4 is 10.1 Å². The van der Waals surface area contributed by atoms with Crippen LogP contribution in [0, 0.1) is 0 Å². The van der Waals surface area contributed by atoms with Crippen molar-refractivity contribution in [2.24, 2.45) is 7.05 Å². The van der Waals surface area contributed by atoms with E-state index in [1.165, 1.54) is 5.56 Å². The molecule has 0 saturated carbocycles. The van der Waals surface area contributed by atoms with E-state index in [4.69, 9.17) is 4.74 Å². The van der Waals surface area contributed by atoms with E-state index >= 15 is 0 Å². The van der Waals surface area contributed by atoms with Gasteiger partial charge in [-0.05, 0) is 31.8 Å². The average Bonchev–Trinajstić information content (AvgIpc) is 2.82. The molecule has 0 fully saturated rings. The summed E-state index contributed by atoms with van der Waals surface area (Å²) in [5.74, 6) is 0.830. The van der Waals surface area contributed by atoms with E-state index in [2.05, 4.69) is 46.8 Å². The summed E-state index contributed by atoms with van der Waals surface area (Å²) < 4.78 is 7.07. The summed E-state index contributed by atoms with van der Waals surface area (Å²) in [6, 6.07) is 6.17. The number of hydrogen-bond acceptors (Lipinski definition) is 5. The van der Waals surface area contributed by atoms with E-state index in [0.717, 1.165) is 23.7 Å². The maximum absolute atomic E-state index is 5.38. The molecule has 2 aromatic rings. The van der Waals surface area contributed by atoms with Gasteiger partial charge in [0.25, 0.3) is 0 Å². The second kappa shape index (κ2) is 6.38. The van der Waals surface area contributed by atoms with Crippen molar-refractivity contribution in [1.82, 2.24) is 19.9 Å². The molecule has 0 amide bonds. The number of aromatic nitrogens is 3. The van der Waals surface area contributed by atoms with Gasteiger partial charge in [0.05, 0.1) is 19.3 Å². The highest BCUT2D eigenvalue weighted by atomic mass is 16.5. The normalized spacial score (nSPS) is 10.8. The van der Waals surface area contributed by atoms with Gasteiger partial charge in [-0.3, -0.25) is 4.68 Å². The molecule has 2 rings (SSSR count). The van der Waals surface area contributed by atoms with E-state index in [9.17, 15) is 0 Å². The average molecular weight is 275 g/mol. The van der Waals surface area contributed by atoms with Gasteiger partial charge in [0.2, 0.25) is 0 Å². The first-order valence-electron chi connectivity index (χ1n) is 6.49. The third-order valence-electron chi connectivity index (χ3n) is 2.87. The van der Waals surface area contributed by atoms with Crippen LogP contribution in [0.25, 0.3) is 0 Å². The maximum Gasteiger partial charge on any atom is 0.141 e. The van der Waals surface area contributed by atoms with Gasteiger partial charge in [0.15, 0.2) is 0 Å². The molecular weight excluding hydrogens is 254 g/mol. The van der Waals surface area contributed by atoms with Crippen LogP contribution in [0.3, 0.4) is 0 Å². The number of hydrogen-bond donors (Lipinski definition) is 1. The number of methoxy groups -OCH3 is 1. The van der Waals surface area contributed by atoms with Gasteiger partial charge in [-0.15, -0.1) is 5.10 Å². The number of rotatable bonds is 6. The Kier molecular flexibility index (Phi) is 4.57. The molecule has 1 aromatic carbocycles. The highest BCUT2D eigenvalue weighted by molar-refractivity contribution is 5.58. The maximum atomic E-state index is 5.38. The fraction of sp³-hybridized carbons (Fsp3) is 0.429. The van der Waals surface area contributed by atoms with Crippen LogP contribution in [0.5, 0.6) is 5.75 Å². The smallest absolute Gasteiger partial charge is 0.141 e. The minimum Gasteiger partial charge on any atom is -0.495 e. The first-order chi connectivity index (χ1) is 9.58. The highest BCUT2D eigenvalue weighted by Crippen LogP contribution is 2.26. The Bertz CT molecular complexity index is 564. The summed E-state index contributed by atoms with van der Waals surface area (Å²) in [6.45, 7) is 1.51. The molecule has 0 aliphatic carbocycles. The summed E-state index contributed by atoms with van der Waals surface area (Å²) in [6.07, 6.45) is 1.89. The molecule has 108 valence electrons. The van der Waals surface area contributed by atoms with Crippen molar-refractivity contribution in [3.05, 3.63) is 35.7 Å². The molecule has 0 spiro atoms. The SMILES string of the molecule is COc1ccc(CN(C)C)cc1NCc1cn(C)nn1. The van der Waals surface area contributed by atoms with Gasteiger partial charge in [-0.1, -0.05) is 11.3 Å². The highest BCUT2D eigenvalue weighted by Gasteiger charge is 2.06. The molecule has 0 radical (unpaired) electrons. The lowest BCUT2D eigenvalue weighted by atomic mass is 10.1. The van der Waals surface area contributed by atoms with E-state index in [1.807, 2.05) is 19.3 Å². The fourth-order valence-electron chi connectivity index (χ4n) is 2.02. The Labute approximate surface area is 119 Å². The molecule has 6 heteroatoms. The number of benzene rings is 1. The van der Waals surface area contributed by atoms with E-state index in [1.54, 1.807) is 11.8 Å². The van der Waals surface area contributed by atoms with Crippen molar-refractivity contribution in [3.63, 3.8) is 0 Å². The van der Waals surface area contributed by atoms with Crippen LogP contribution in [0.4, 0.5) is 5.69 Å². The summed E-state index contributed by atoms with van der Waals surface area (Å²) >= 11 is 0. The van der Waals surface area contributed by atoms with Crippen LogP contribution in [0.1, 0.15) is 11.3 Å². The predicted molar refractivity (Wildman–Crippen MR) is 78.7 cm³/mol. The molecule has 0 unspecified atom stereocenters. The van der Waals surface area contributed by atoms with Gasteiger partial charge in [-0.2, -0.15) is 0 Å². The van der Waals surface area contributed by atoms with Crippen molar-refractivity contribution in [2.45, 2.75) is 13.1 Å². The van der Waals surface area contributed by atoms with Gasteiger partial charge in [-0.25, -0.2) is 0 Å². The van der Waals surface area contributed by atoms with Crippen molar-refractivity contribution < 1.29 is 4.74 Å². The Morgan fingerprint density at radius 1 is 1.35 bits per heavy atom. The molecule has 1 aromatic heterocycles. The van der Waals surface area contributed by atoms with Crippen LogP contribution >= 0.6 is 0 Å². The van der Waals surface area contributed by atoms with Crippen LogP contribution in [-0.4, -0.2) is 41.1 Å². The zero-order chi connectivity index (χ0) is 14.5. The topological polar surface area (TPSA) is 55.2 Å². The number of ether oxygens (including phenoxy) is 1. The third kappa shape index (κ3) is 3.71. The minimum absolute atomic E-state index is 0.621. The Balaban J connectivity index is 2.11. The monoisotopic (exact) mass is 275 g/mol. The molecular formula is C14H21N5O. The van der Waals surface area contributed by atoms with Crippen LogP contribution in [0.2, 0.25) is 0 Å². The Hall–Kier alpha value is -2.08. The number of nitrogens with zero attached hydrogens (tertiary/aromatic N) is 4. The number of nitrogens with one attached hydrogen (secondary N) is 1. The second-order valence-corrected chi connectivity index (χ2v) is 5.01. The van der Waals surface area contributed by atoms with Crippen LogP contribution in [0.15, 0.2) is 24.4 Å². The number of aryl methyl sites for hydroxylation is 1. The molecule has 0 aliphatic heterocycles. The fourth-order valence-corrected chi connectivity index (χ4v) is 2.02. The van der Waals surface area contributed by atoms with Gasteiger partial charge >= 0.3 is 0 Å². The summed E-state index contributed by atoms with van der Waals surface area (Å²) in [7, 11) is 7.64. The summed E-state index contributed by atoms with van der Waals surface area (Å²) in [4.78, 5) is 2.13. The summed E-state index contributed by atoms with van der Waals surface area (Å²) in [5, 5.41) is 11.3. The van der Waals surface area contributed by atoms with Crippen molar-refractivity contribution in [2.75, 3.05) is 26.5 Å². The van der Waals surface area contributed by atoms with Crippen molar-refractivity contribution in [1.29, 1.82) is 0 Å². The molecule has 0 atom stereocenters. The quantitative estimate of drug-likeness (QED) is 0.866. The first-order valence-corrected chi connectivity index (χ1v) is 6.49. The minimum atomic E-state index is 0.621. The van der Waals surface area contributed by atoms with Crippen molar-refractivity contribution >= 4 is 5.69 Å².